The van der Waals surface area contributed by atoms with E-state index in [1.54, 1.807) is 18.2 Å². The van der Waals surface area contributed by atoms with Gasteiger partial charge in [0.15, 0.2) is 0 Å². The Labute approximate surface area is 127 Å². The lowest BCUT2D eigenvalue weighted by Gasteiger charge is -2.11. The maximum Gasteiger partial charge on any atom is 0.234 e. The summed E-state index contributed by atoms with van der Waals surface area (Å²) in [4.78, 5) is 34.0. The van der Waals surface area contributed by atoms with E-state index >= 15 is 0 Å². The van der Waals surface area contributed by atoms with Gasteiger partial charge in [0.2, 0.25) is 17.9 Å². The lowest BCUT2D eigenvalue weighted by molar-refractivity contribution is -0.497. The second kappa shape index (κ2) is 5.40. The van der Waals surface area contributed by atoms with Crippen LogP contribution in [0.4, 0.5) is 11.4 Å². The van der Waals surface area contributed by atoms with E-state index in [9.17, 15) is 19.7 Å². The maximum atomic E-state index is 12.0. The Kier molecular flexibility index (Phi) is 3.56. The third-order valence-electron chi connectivity index (χ3n) is 4.08. The molecule has 2 aliphatic rings. The molecule has 0 spiro atoms. The van der Waals surface area contributed by atoms with Crippen LogP contribution in [0.25, 0.3) is 0 Å². The van der Waals surface area contributed by atoms with Crippen LogP contribution < -0.4 is 10.6 Å². The number of nitro groups is 1. The number of carbonyl (C=O) groups excluding carboxylic acids is 2. The minimum absolute atomic E-state index is 0.00302. The molecule has 7 nitrogen and oxygen atoms in total. The Morgan fingerprint density at radius 2 is 1.95 bits per heavy atom. The minimum Gasteiger partial charge on any atom is -0.326 e. The van der Waals surface area contributed by atoms with Crippen molar-refractivity contribution in [2.75, 3.05) is 10.6 Å². The summed E-state index contributed by atoms with van der Waals surface area (Å²) >= 11 is 0. The second-order valence-electron chi connectivity index (χ2n) is 5.98. The van der Waals surface area contributed by atoms with Crippen molar-refractivity contribution in [3.05, 3.63) is 33.9 Å². The van der Waals surface area contributed by atoms with Crippen LogP contribution in [-0.4, -0.2) is 22.8 Å². The predicted molar refractivity (Wildman–Crippen MR) is 80.1 cm³/mol. The Balaban J connectivity index is 1.66. The third kappa shape index (κ3) is 3.08. The largest absolute Gasteiger partial charge is 0.326 e. The van der Waals surface area contributed by atoms with E-state index in [2.05, 4.69) is 10.6 Å². The Morgan fingerprint density at radius 1 is 1.23 bits per heavy atom. The number of rotatable bonds is 5. The van der Waals surface area contributed by atoms with E-state index in [1.165, 1.54) is 0 Å². The van der Waals surface area contributed by atoms with Crippen molar-refractivity contribution < 1.29 is 14.5 Å². The van der Waals surface area contributed by atoms with Gasteiger partial charge in [-0.2, -0.15) is 0 Å². The molecular weight excluding hydrogens is 286 g/mol. The molecular formula is C15H17N3O4. The first-order valence-corrected chi connectivity index (χ1v) is 7.31. The molecule has 0 aliphatic heterocycles. The number of aryl methyl sites for hydroxylation is 1. The number of anilines is 2. The van der Waals surface area contributed by atoms with Crippen LogP contribution in [-0.2, 0) is 9.59 Å². The van der Waals surface area contributed by atoms with Crippen molar-refractivity contribution in [3.63, 3.8) is 0 Å². The van der Waals surface area contributed by atoms with E-state index < -0.39 is 16.9 Å². The number of benzene rings is 1. The van der Waals surface area contributed by atoms with Crippen LogP contribution in [0.1, 0.15) is 24.8 Å². The highest BCUT2D eigenvalue weighted by Gasteiger charge is 2.53. The van der Waals surface area contributed by atoms with Crippen molar-refractivity contribution in [1.82, 2.24) is 0 Å². The number of nitrogens with zero attached hydrogens (tertiary/aromatic N) is 1. The van der Waals surface area contributed by atoms with E-state index in [0.29, 0.717) is 11.4 Å². The number of carbonyl (C=O) groups is 2. The van der Waals surface area contributed by atoms with Crippen molar-refractivity contribution in [2.45, 2.75) is 32.2 Å². The zero-order valence-corrected chi connectivity index (χ0v) is 12.2. The molecule has 116 valence electrons. The van der Waals surface area contributed by atoms with E-state index in [4.69, 9.17) is 0 Å². The summed E-state index contributed by atoms with van der Waals surface area (Å²) in [5.74, 6) is -0.794. The zero-order valence-electron chi connectivity index (χ0n) is 12.2. The van der Waals surface area contributed by atoms with Crippen LogP contribution in [0.5, 0.6) is 0 Å². The molecule has 0 saturated heterocycles. The standard InChI is InChI=1S/C15H17N3O4/c1-8-2-5-10(16-14(19)9-3-4-9)6-12(8)17-15(20)11-7-13(11)18(21)22/h2,5-6,9,11,13H,3-4,7H2,1H3,(H,16,19)(H,17,20)/t11-,13+/m1/s1. The predicted octanol–water partition coefficient (Wildman–Crippen LogP) is 1.95. The molecule has 2 N–H and O–H groups in total. The molecule has 2 atom stereocenters. The fourth-order valence-electron chi connectivity index (χ4n) is 2.35. The highest BCUT2D eigenvalue weighted by Crippen LogP contribution is 2.35. The highest BCUT2D eigenvalue weighted by atomic mass is 16.6. The lowest BCUT2D eigenvalue weighted by atomic mass is 10.1. The topological polar surface area (TPSA) is 101 Å². The average Bonchev–Trinajstić information content (AvgIpc) is 3.34. The quantitative estimate of drug-likeness (QED) is 0.641. The van der Waals surface area contributed by atoms with E-state index in [-0.39, 0.29) is 24.2 Å². The van der Waals surface area contributed by atoms with Gasteiger partial charge in [0, 0.05) is 28.6 Å². The summed E-state index contributed by atoms with van der Waals surface area (Å²) in [6.45, 7) is 1.83. The molecule has 0 unspecified atom stereocenters. The molecule has 0 radical (unpaired) electrons. The molecule has 2 aliphatic carbocycles. The summed E-state index contributed by atoms with van der Waals surface area (Å²) in [6.07, 6.45) is 2.13. The first-order valence-electron chi connectivity index (χ1n) is 7.31. The van der Waals surface area contributed by atoms with Crippen molar-refractivity contribution in [1.29, 1.82) is 0 Å². The first kappa shape index (κ1) is 14.5. The van der Waals surface area contributed by atoms with E-state index in [1.807, 2.05) is 6.92 Å². The monoisotopic (exact) mass is 303 g/mol. The fourth-order valence-corrected chi connectivity index (χ4v) is 2.35. The smallest absolute Gasteiger partial charge is 0.234 e. The molecule has 1 aromatic carbocycles. The van der Waals surface area contributed by atoms with Crippen LogP contribution in [0.2, 0.25) is 0 Å². The van der Waals surface area contributed by atoms with Crippen LogP contribution in [0, 0.1) is 28.9 Å². The summed E-state index contributed by atoms with van der Waals surface area (Å²) in [7, 11) is 0. The van der Waals surface area contributed by atoms with Crippen LogP contribution in [0.3, 0.4) is 0 Å². The summed E-state index contributed by atoms with van der Waals surface area (Å²) in [5.41, 5.74) is 2.04. The van der Waals surface area contributed by atoms with Gasteiger partial charge >= 0.3 is 0 Å². The molecule has 22 heavy (non-hydrogen) atoms. The SMILES string of the molecule is Cc1ccc(NC(=O)C2CC2)cc1NC(=O)[C@@H]1C[C@@H]1[N+](=O)[O-]. The molecule has 2 fully saturated rings. The normalized spacial score (nSPS) is 22.8. The molecule has 0 bridgehead atoms. The van der Waals surface area contributed by atoms with Crippen molar-refractivity contribution in [2.24, 2.45) is 11.8 Å². The van der Waals surface area contributed by atoms with Crippen molar-refractivity contribution >= 4 is 23.2 Å². The van der Waals surface area contributed by atoms with Gasteiger partial charge in [0.25, 0.3) is 0 Å². The Morgan fingerprint density at radius 3 is 2.55 bits per heavy atom. The summed E-state index contributed by atoms with van der Waals surface area (Å²) in [6, 6.07) is 4.51. The van der Waals surface area contributed by atoms with Crippen LogP contribution in [0.15, 0.2) is 18.2 Å². The maximum absolute atomic E-state index is 12.0. The Bertz CT molecular complexity index is 654. The number of hydrogen-bond acceptors (Lipinski definition) is 4. The Hall–Kier alpha value is -2.44. The van der Waals surface area contributed by atoms with Gasteiger partial charge in [-0.1, -0.05) is 6.07 Å². The van der Waals surface area contributed by atoms with Gasteiger partial charge in [-0.3, -0.25) is 19.7 Å². The van der Waals surface area contributed by atoms with Gasteiger partial charge in [-0.15, -0.1) is 0 Å². The minimum atomic E-state index is -0.766. The lowest BCUT2D eigenvalue weighted by Crippen LogP contribution is -2.19. The molecule has 7 heteroatoms. The van der Waals surface area contributed by atoms with E-state index in [0.717, 1.165) is 18.4 Å². The van der Waals surface area contributed by atoms with Gasteiger partial charge in [-0.05, 0) is 37.5 Å². The summed E-state index contributed by atoms with van der Waals surface area (Å²) < 4.78 is 0. The van der Waals surface area contributed by atoms with Gasteiger partial charge in [-0.25, -0.2) is 0 Å². The highest BCUT2D eigenvalue weighted by molar-refractivity contribution is 5.98. The van der Waals surface area contributed by atoms with Gasteiger partial charge < -0.3 is 10.6 Å². The van der Waals surface area contributed by atoms with Crippen molar-refractivity contribution in [3.8, 4) is 0 Å². The molecule has 2 saturated carbocycles. The molecule has 0 heterocycles. The first-order chi connectivity index (χ1) is 10.5. The second-order valence-corrected chi connectivity index (χ2v) is 5.98. The van der Waals surface area contributed by atoms with Crippen LogP contribution >= 0.6 is 0 Å². The molecule has 3 rings (SSSR count). The fraction of sp³-hybridized carbons (Fsp3) is 0.467. The third-order valence-corrected chi connectivity index (χ3v) is 4.08. The zero-order chi connectivity index (χ0) is 15.9. The van der Waals surface area contributed by atoms with Gasteiger partial charge in [0.05, 0.1) is 0 Å². The average molecular weight is 303 g/mol. The van der Waals surface area contributed by atoms with Gasteiger partial charge in [0.1, 0.15) is 5.92 Å². The summed E-state index contributed by atoms with van der Waals surface area (Å²) in [5, 5.41) is 16.2. The number of hydrogen-bond donors (Lipinski definition) is 2. The molecule has 2 amide bonds. The number of nitrogens with one attached hydrogen (secondary N) is 2. The molecule has 0 aromatic heterocycles. The number of amides is 2. The molecule has 1 aromatic rings.